The molecule has 0 spiro atoms. The summed E-state index contributed by atoms with van der Waals surface area (Å²) in [4.78, 5) is 19.7. The Morgan fingerprint density at radius 2 is 1.40 bits per heavy atom. The quantitative estimate of drug-likeness (QED) is 0.727. The van der Waals surface area contributed by atoms with Crippen LogP contribution in [0.2, 0.25) is 0 Å². The van der Waals surface area contributed by atoms with E-state index in [0.29, 0.717) is 0 Å². The van der Waals surface area contributed by atoms with Gasteiger partial charge in [0.1, 0.15) is 6.54 Å². The van der Waals surface area contributed by atoms with Gasteiger partial charge in [0.25, 0.3) is 0 Å². The number of carboxylic acids is 1. The average Bonchev–Trinajstić information content (AvgIpc) is 2.18. The molecular weight excluding hydrogens is 198 g/mol. The molecule has 0 aromatic heterocycles. The van der Waals surface area contributed by atoms with Crippen LogP contribution in [-0.2, 0) is 9.59 Å². The Kier molecular flexibility index (Phi) is 10.6. The first kappa shape index (κ1) is 15.6. The molecule has 1 amide bonds. The first-order valence-corrected chi connectivity index (χ1v) is 4.09. The summed E-state index contributed by atoms with van der Waals surface area (Å²) >= 11 is 0. The number of carboxylic acid groups (broad SMARTS) is 1. The fraction of sp³-hybridized carbons (Fsp3) is 0.200. The van der Waals surface area contributed by atoms with Crippen LogP contribution in [0.5, 0.6) is 0 Å². The number of carbonyl (C=O) groups excluding carboxylic acids is 1. The molecule has 1 aromatic carbocycles. The van der Waals surface area contributed by atoms with Crippen molar-refractivity contribution in [1.29, 1.82) is 0 Å². The third-order valence-corrected chi connectivity index (χ3v) is 1.16. The minimum Gasteiger partial charge on any atom is -0.480 e. The Balaban J connectivity index is 0. The van der Waals surface area contributed by atoms with E-state index in [1.165, 1.54) is 6.92 Å². The summed E-state index contributed by atoms with van der Waals surface area (Å²) in [7, 11) is 0. The molecule has 0 bridgehead atoms. The lowest BCUT2D eigenvalue weighted by atomic mass is 10.4. The van der Waals surface area contributed by atoms with Gasteiger partial charge < -0.3 is 15.9 Å². The molecule has 1 aromatic rings. The van der Waals surface area contributed by atoms with Gasteiger partial charge >= 0.3 is 5.97 Å². The highest BCUT2D eigenvalue weighted by Crippen LogP contribution is 1.79. The van der Waals surface area contributed by atoms with Crippen LogP contribution >= 0.6 is 0 Å². The van der Waals surface area contributed by atoms with Crippen LogP contribution in [0.15, 0.2) is 36.4 Å². The summed E-state index contributed by atoms with van der Waals surface area (Å²) in [5.74, 6) is -1.35. The Labute approximate surface area is 88.0 Å². The van der Waals surface area contributed by atoms with E-state index < -0.39 is 5.97 Å². The summed E-state index contributed by atoms with van der Waals surface area (Å²) in [6, 6.07) is 12.0. The molecule has 0 fully saturated rings. The van der Waals surface area contributed by atoms with Crippen molar-refractivity contribution in [1.82, 2.24) is 5.32 Å². The maximum Gasteiger partial charge on any atom is 0.322 e. The predicted octanol–water partition coefficient (Wildman–Crippen LogP) is 0.0690. The van der Waals surface area contributed by atoms with Gasteiger partial charge in [-0.1, -0.05) is 36.4 Å². The van der Waals surface area contributed by atoms with Crippen molar-refractivity contribution in [3.8, 4) is 0 Å². The SMILES string of the molecule is CC(=O)NCC(=O)O.O.c1ccccc1. The number of aliphatic carboxylic acids is 1. The average molecular weight is 213 g/mol. The van der Waals surface area contributed by atoms with Crippen LogP contribution in [0.4, 0.5) is 0 Å². The lowest BCUT2D eigenvalue weighted by Gasteiger charge is -1.92. The van der Waals surface area contributed by atoms with Crippen molar-refractivity contribution in [2.45, 2.75) is 6.92 Å². The molecular formula is C10H15NO4. The molecule has 0 saturated carbocycles. The van der Waals surface area contributed by atoms with Crippen LogP contribution in [-0.4, -0.2) is 29.0 Å². The van der Waals surface area contributed by atoms with Gasteiger partial charge in [-0.05, 0) is 0 Å². The summed E-state index contributed by atoms with van der Waals surface area (Å²) in [6.07, 6.45) is 0. The van der Waals surface area contributed by atoms with Gasteiger partial charge in [-0.25, -0.2) is 0 Å². The largest absolute Gasteiger partial charge is 0.480 e. The summed E-state index contributed by atoms with van der Waals surface area (Å²) in [5.41, 5.74) is 0. The van der Waals surface area contributed by atoms with Crippen LogP contribution in [0.1, 0.15) is 6.92 Å². The van der Waals surface area contributed by atoms with Crippen molar-refractivity contribution >= 4 is 11.9 Å². The van der Waals surface area contributed by atoms with E-state index in [9.17, 15) is 9.59 Å². The summed E-state index contributed by atoms with van der Waals surface area (Å²) < 4.78 is 0. The van der Waals surface area contributed by atoms with Crippen LogP contribution < -0.4 is 5.32 Å². The molecule has 0 aliphatic carbocycles. The van der Waals surface area contributed by atoms with Crippen LogP contribution in [0.3, 0.4) is 0 Å². The van der Waals surface area contributed by atoms with Crippen molar-refractivity contribution in [2.75, 3.05) is 6.54 Å². The number of hydrogen-bond acceptors (Lipinski definition) is 2. The predicted molar refractivity (Wildman–Crippen MR) is 56.4 cm³/mol. The molecule has 4 N–H and O–H groups in total. The molecule has 0 unspecified atom stereocenters. The molecule has 0 atom stereocenters. The van der Waals surface area contributed by atoms with Gasteiger partial charge in [0.05, 0.1) is 0 Å². The molecule has 5 nitrogen and oxygen atoms in total. The molecule has 0 heterocycles. The fourth-order valence-electron chi connectivity index (χ4n) is 0.585. The van der Waals surface area contributed by atoms with E-state index in [0.717, 1.165) is 0 Å². The van der Waals surface area contributed by atoms with Gasteiger partial charge in [-0.3, -0.25) is 9.59 Å². The molecule has 0 aliphatic rings. The number of nitrogens with one attached hydrogen (secondary N) is 1. The molecule has 5 heteroatoms. The topological polar surface area (TPSA) is 97.9 Å². The number of hydrogen-bond donors (Lipinski definition) is 2. The maximum atomic E-state index is 9.97. The molecule has 84 valence electrons. The second-order valence-electron chi connectivity index (χ2n) is 2.46. The Bertz CT molecular complexity index is 233. The van der Waals surface area contributed by atoms with Crippen LogP contribution in [0.25, 0.3) is 0 Å². The highest BCUT2D eigenvalue weighted by atomic mass is 16.4. The molecule has 1 rings (SSSR count). The normalized spacial score (nSPS) is 7.53. The van der Waals surface area contributed by atoms with Gasteiger partial charge in [-0.15, -0.1) is 0 Å². The molecule has 0 aliphatic heterocycles. The van der Waals surface area contributed by atoms with Gasteiger partial charge in [0, 0.05) is 6.92 Å². The van der Waals surface area contributed by atoms with Crippen molar-refractivity contribution in [3.63, 3.8) is 0 Å². The fourth-order valence-corrected chi connectivity index (χ4v) is 0.585. The zero-order valence-corrected chi connectivity index (χ0v) is 8.43. The molecule has 15 heavy (non-hydrogen) atoms. The number of rotatable bonds is 2. The monoisotopic (exact) mass is 213 g/mol. The zero-order valence-electron chi connectivity index (χ0n) is 8.43. The standard InChI is InChI=1S/C6H6.C4H7NO3.H2O/c1-2-4-6-5-3-1;1-3(6)5-2-4(7)8;/h1-6H;2H2,1H3,(H,5,6)(H,7,8);1H2. The van der Waals surface area contributed by atoms with Crippen molar-refractivity contribution in [3.05, 3.63) is 36.4 Å². The van der Waals surface area contributed by atoms with E-state index >= 15 is 0 Å². The van der Waals surface area contributed by atoms with E-state index in [1.807, 2.05) is 36.4 Å². The Morgan fingerprint density at radius 1 is 1.07 bits per heavy atom. The van der Waals surface area contributed by atoms with Crippen molar-refractivity contribution < 1.29 is 20.2 Å². The number of benzene rings is 1. The highest BCUT2D eigenvalue weighted by Gasteiger charge is 1.94. The molecule has 0 saturated heterocycles. The first-order valence-electron chi connectivity index (χ1n) is 4.09. The number of carbonyl (C=O) groups is 2. The van der Waals surface area contributed by atoms with E-state index in [-0.39, 0.29) is 17.9 Å². The van der Waals surface area contributed by atoms with E-state index in [2.05, 4.69) is 5.32 Å². The lowest BCUT2D eigenvalue weighted by Crippen LogP contribution is -2.26. The van der Waals surface area contributed by atoms with Gasteiger partial charge in [0.15, 0.2) is 0 Å². The highest BCUT2D eigenvalue weighted by molar-refractivity contribution is 5.79. The molecule has 0 radical (unpaired) electrons. The minimum absolute atomic E-state index is 0. The van der Waals surface area contributed by atoms with Gasteiger partial charge in [-0.2, -0.15) is 0 Å². The second kappa shape index (κ2) is 10.2. The van der Waals surface area contributed by atoms with Crippen molar-refractivity contribution in [2.24, 2.45) is 0 Å². The smallest absolute Gasteiger partial charge is 0.322 e. The zero-order chi connectivity index (χ0) is 10.8. The van der Waals surface area contributed by atoms with E-state index in [1.54, 1.807) is 0 Å². The summed E-state index contributed by atoms with van der Waals surface area (Å²) in [6.45, 7) is 0.971. The minimum atomic E-state index is -1.03. The first-order chi connectivity index (χ1) is 6.63. The lowest BCUT2D eigenvalue weighted by molar-refractivity contribution is -0.137. The second-order valence-corrected chi connectivity index (χ2v) is 2.46. The summed E-state index contributed by atoms with van der Waals surface area (Å²) in [5, 5.41) is 10.1. The Morgan fingerprint density at radius 3 is 1.53 bits per heavy atom. The third kappa shape index (κ3) is 14.9. The Hall–Kier alpha value is -1.88. The maximum absolute atomic E-state index is 9.97. The van der Waals surface area contributed by atoms with Gasteiger partial charge in [0.2, 0.25) is 5.91 Å². The third-order valence-electron chi connectivity index (χ3n) is 1.16. The van der Waals surface area contributed by atoms with Crippen LogP contribution in [0, 0.1) is 0 Å². The van der Waals surface area contributed by atoms with E-state index in [4.69, 9.17) is 5.11 Å². The number of amides is 1.